The first kappa shape index (κ1) is 15.5. The number of anilines is 2. The lowest BCUT2D eigenvalue weighted by atomic mass is 10.2. The van der Waals surface area contributed by atoms with Crippen LogP contribution in [0.2, 0.25) is 10.2 Å². The molecule has 0 aliphatic carbocycles. The predicted octanol–water partition coefficient (Wildman–Crippen LogP) is 5.72. The van der Waals surface area contributed by atoms with Crippen LogP contribution in [0.4, 0.5) is 11.5 Å². The lowest BCUT2D eigenvalue weighted by Crippen LogP contribution is -2.05. The molecule has 1 heterocycles. The van der Waals surface area contributed by atoms with Crippen molar-refractivity contribution >= 4 is 50.6 Å². The summed E-state index contributed by atoms with van der Waals surface area (Å²) in [5, 5.41) is 4.28. The van der Waals surface area contributed by atoms with Crippen LogP contribution in [0.25, 0.3) is 0 Å². The highest BCUT2D eigenvalue weighted by Crippen LogP contribution is 2.31. The van der Waals surface area contributed by atoms with E-state index < -0.39 is 0 Å². The second-order valence-electron chi connectivity index (χ2n) is 4.75. The van der Waals surface area contributed by atoms with Gasteiger partial charge in [0, 0.05) is 16.0 Å². The third kappa shape index (κ3) is 3.43. The molecule has 0 amide bonds. The van der Waals surface area contributed by atoms with Crippen molar-refractivity contribution in [3.8, 4) is 0 Å². The minimum Gasteiger partial charge on any atom is -0.339 e. The van der Waals surface area contributed by atoms with E-state index in [1.165, 1.54) is 0 Å². The molecule has 2 aromatic rings. The Hall–Kier alpha value is -0.840. The van der Waals surface area contributed by atoms with Crippen LogP contribution < -0.4 is 5.32 Å². The van der Waals surface area contributed by atoms with Crippen LogP contribution in [0.5, 0.6) is 0 Å². The molecule has 1 aromatic carbocycles. The Balaban J connectivity index is 2.42. The van der Waals surface area contributed by atoms with Gasteiger partial charge in [-0.1, -0.05) is 53.0 Å². The molecule has 0 aliphatic heterocycles. The van der Waals surface area contributed by atoms with E-state index in [1.807, 2.05) is 39.0 Å². The van der Waals surface area contributed by atoms with E-state index in [4.69, 9.17) is 23.2 Å². The summed E-state index contributed by atoms with van der Waals surface area (Å²) in [5.74, 6) is 1.59. The normalized spacial score (nSPS) is 10.9. The maximum Gasteiger partial charge on any atom is 0.138 e. The largest absolute Gasteiger partial charge is 0.339 e. The molecule has 0 saturated heterocycles. The van der Waals surface area contributed by atoms with E-state index in [2.05, 4.69) is 31.2 Å². The fourth-order valence-corrected chi connectivity index (χ4v) is 2.50. The first-order valence-corrected chi connectivity index (χ1v) is 7.69. The van der Waals surface area contributed by atoms with Gasteiger partial charge in [0.15, 0.2) is 0 Å². The number of rotatable bonds is 3. The molecule has 0 atom stereocenters. The highest BCUT2D eigenvalue weighted by molar-refractivity contribution is 9.10. The molecule has 2 rings (SSSR count). The fourth-order valence-electron chi connectivity index (χ4n) is 1.60. The van der Waals surface area contributed by atoms with Gasteiger partial charge < -0.3 is 5.32 Å². The minimum absolute atomic E-state index is 0.203. The number of nitrogens with one attached hydrogen (secondary N) is 1. The van der Waals surface area contributed by atoms with Gasteiger partial charge in [-0.15, -0.1) is 0 Å². The van der Waals surface area contributed by atoms with Crippen molar-refractivity contribution in [2.75, 3.05) is 5.32 Å². The Morgan fingerprint density at radius 2 is 1.90 bits per heavy atom. The molecule has 0 spiro atoms. The van der Waals surface area contributed by atoms with Gasteiger partial charge in [0.1, 0.15) is 16.8 Å². The topological polar surface area (TPSA) is 37.8 Å². The Kier molecular flexibility index (Phi) is 4.89. The zero-order valence-corrected chi connectivity index (χ0v) is 14.4. The SMILES string of the molecule is Cc1c(Cl)nc(C(C)C)nc1Nc1ccc(Br)cc1Cl. The molecular weight excluding hydrogens is 361 g/mol. The number of hydrogen-bond donors (Lipinski definition) is 1. The van der Waals surface area contributed by atoms with E-state index in [0.29, 0.717) is 21.8 Å². The van der Waals surface area contributed by atoms with E-state index >= 15 is 0 Å². The Labute approximate surface area is 136 Å². The third-order valence-electron chi connectivity index (χ3n) is 2.80. The summed E-state index contributed by atoms with van der Waals surface area (Å²) < 4.78 is 0.924. The van der Waals surface area contributed by atoms with Crippen LogP contribution in [-0.4, -0.2) is 9.97 Å². The zero-order valence-electron chi connectivity index (χ0n) is 11.3. The monoisotopic (exact) mass is 373 g/mol. The predicted molar refractivity (Wildman–Crippen MR) is 88.3 cm³/mol. The van der Waals surface area contributed by atoms with Crippen molar-refractivity contribution in [3.05, 3.63) is 44.2 Å². The van der Waals surface area contributed by atoms with Crippen LogP contribution in [0.1, 0.15) is 31.2 Å². The molecule has 0 bridgehead atoms. The van der Waals surface area contributed by atoms with Crippen molar-refractivity contribution in [2.45, 2.75) is 26.7 Å². The molecule has 20 heavy (non-hydrogen) atoms. The summed E-state index contributed by atoms with van der Waals surface area (Å²) in [6, 6.07) is 5.62. The Bertz CT molecular complexity index is 645. The second kappa shape index (κ2) is 6.29. The van der Waals surface area contributed by atoms with E-state index in [1.54, 1.807) is 0 Å². The van der Waals surface area contributed by atoms with Gasteiger partial charge in [0.2, 0.25) is 0 Å². The summed E-state index contributed by atoms with van der Waals surface area (Å²) in [5.41, 5.74) is 1.58. The molecule has 0 aliphatic rings. The lowest BCUT2D eigenvalue weighted by Gasteiger charge is -2.14. The molecule has 3 nitrogen and oxygen atoms in total. The number of aromatic nitrogens is 2. The molecule has 1 N–H and O–H groups in total. The third-order valence-corrected chi connectivity index (χ3v) is 3.98. The van der Waals surface area contributed by atoms with E-state index in [0.717, 1.165) is 15.7 Å². The first-order valence-electron chi connectivity index (χ1n) is 6.14. The Morgan fingerprint density at radius 1 is 1.20 bits per heavy atom. The van der Waals surface area contributed by atoms with Crippen molar-refractivity contribution in [3.63, 3.8) is 0 Å². The van der Waals surface area contributed by atoms with Crippen LogP contribution >= 0.6 is 39.1 Å². The number of benzene rings is 1. The highest BCUT2D eigenvalue weighted by Gasteiger charge is 2.13. The van der Waals surface area contributed by atoms with E-state index in [-0.39, 0.29) is 5.92 Å². The smallest absolute Gasteiger partial charge is 0.138 e. The van der Waals surface area contributed by atoms with Gasteiger partial charge in [-0.05, 0) is 25.1 Å². The van der Waals surface area contributed by atoms with Crippen molar-refractivity contribution < 1.29 is 0 Å². The number of hydrogen-bond acceptors (Lipinski definition) is 3. The molecule has 0 radical (unpaired) electrons. The molecule has 106 valence electrons. The van der Waals surface area contributed by atoms with Crippen LogP contribution in [0.3, 0.4) is 0 Å². The minimum atomic E-state index is 0.203. The summed E-state index contributed by atoms with van der Waals surface area (Å²) in [6.45, 7) is 5.93. The molecule has 0 unspecified atom stereocenters. The standard InChI is InChI=1S/C14H14BrCl2N3/c1-7(2)13-19-12(17)8(3)14(20-13)18-11-5-4-9(15)6-10(11)16/h4-7H,1-3H3,(H,18,19,20). The van der Waals surface area contributed by atoms with Crippen molar-refractivity contribution in [1.82, 2.24) is 9.97 Å². The maximum atomic E-state index is 6.20. The van der Waals surface area contributed by atoms with Crippen molar-refractivity contribution in [1.29, 1.82) is 0 Å². The van der Waals surface area contributed by atoms with Gasteiger partial charge in [-0.2, -0.15) is 0 Å². The number of halogens is 3. The summed E-state index contributed by atoms with van der Waals surface area (Å²) >= 11 is 15.7. The van der Waals surface area contributed by atoms with Gasteiger partial charge in [0.25, 0.3) is 0 Å². The average Bonchev–Trinajstić information content (AvgIpc) is 2.37. The van der Waals surface area contributed by atoms with E-state index in [9.17, 15) is 0 Å². The molecule has 1 aromatic heterocycles. The van der Waals surface area contributed by atoms with Crippen LogP contribution in [0.15, 0.2) is 22.7 Å². The van der Waals surface area contributed by atoms with Gasteiger partial charge in [-0.3, -0.25) is 0 Å². The van der Waals surface area contributed by atoms with Gasteiger partial charge in [0.05, 0.1) is 10.7 Å². The quantitative estimate of drug-likeness (QED) is 0.698. The zero-order chi connectivity index (χ0) is 14.9. The van der Waals surface area contributed by atoms with Gasteiger partial charge >= 0.3 is 0 Å². The first-order chi connectivity index (χ1) is 9.38. The summed E-state index contributed by atoms with van der Waals surface area (Å²) in [6.07, 6.45) is 0. The van der Waals surface area contributed by atoms with Crippen LogP contribution in [-0.2, 0) is 0 Å². The lowest BCUT2D eigenvalue weighted by molar-refractivity contribution is 0.773. The molecule has 6 heteroatoms. The van der Waals surface area contributed by atoms with Crippen molar-refractivity contribution in [2.24, 2.45) is 0 Å². The fraction of sp³-hybridized carbons (Fsp3) is 0.286. The molecule has 0 fully saturated rings. The Morgan fingerprint density at radius 3 is 2.50 bits per heavy atom. The van der Waals surface area contributed by atoms with Gasteiger partial charge in [-0.25, -0.2) is 9.97 Å². The molecule has 0 saturated carbocycles. The maximum absolute atomic E-state index is 6.20. The summed E-state index contributed by atoms with van der Waals surface area (Å²) in [7, 11) is 0. The highest BCUT2D eigenvalue weighted by atomic mass is 79.9. The average molecular weight is 375 g/mol. The number of nitrogens with zero attached hydrogens (tertiary/aromatic N) is 2. The summed E-state index contributed by atoms with van der Waals surface area (Å²) in [4.78, 5) is 8.80. The molecular formula is C14H14BrCl2N3. The second-order valence-corrected chi connectivity index (χ2v) is 6.43. The van der Waals surface area contributed by atoms with Crippen LogP contribution in [0, 0.1) is 6.92 Å².